The maximum Gasteiger partial charge on any atom is 0.354 e. The third-order valence-electron chi connectivity index (χ3n) is 2.10. The average Bonchev–Trinajstić information content (AvgIpc) is 2.35. The lowest BCUT2D eigenvalue weighted by Gasteiger charge is -2.14. The number of hydrazine groups is 1. The van der Waals surface area contributed by atoms with Crippen LogP contribution in [0, 0.1) is 10.1 Å². The van der Waals surface area contributed by atoms with Crippen LogP contribution in [0.1, 0.15) is 13.8 Å². The van der Waals surface area contributed by atoms with E-state index >= 15 is 0 Å². The molecule has 0 bridgehead atoms. The van der Waals surface area contributed by atoms with Gasteiger partial charge in [0.1, 0.15) is 6.33 Å². The van der Waals surface area contributed by atoms with E-state index in [2.05, 4.69) is 20.7 Å². The highest BCUT2D eigenvalue weighted by molar-refractivity contribution is 5.68. The largest absolute Gasteiger partial charge is 0.380 e. The summed E-state index contributed by atoms with van der Waals surface area (Å²) >= 11 is 0. The van der Waals surface area contributed by atoms with E-state index < -0.39 is 4.92 Å². The summed E-state index contributed by atoms with van der Waals surface area (Å²) in [6.07, 6.45) is 1.19. The van der Waals surface area contributed by atoms with Crippen molar-refractivity contribution in [1.82, 2.24) is 9.97 Å². The zero-order valence-corrected chi connectivity index (χ0v) is 10.2. The number of nitrogen functional groups attached to an aromatic ring is 1. The van der Waals surface area contributed by atoms with Crippen molar-refractivity contribution in [3.05, 3.63) is 16.4 Å². The number of hydrogen-bond acceptors (Lipinski definition) is 8. The van der Waals surface area contributed by atoms with Gasteiger partial charge in [0.05, 0.1) is 11.5 Å². The van der Waals surface area contributed by atoms with Crippen LogP contribution in [-0.4, -0.2) is 34.1 Å². The molecule has 1 aromatic heterocycles. The molecule has 18 heavy (non-hydrogen) atoms. The van der Waals surface area contributed by atoms with Gasteiger partial charge in [0.2, 0.25) is 11.6 Å². The predicted molar refractivity (Wildman–Crippen MR) is 66.1 cm³/mol. The Kier molecular flexibility index (Phi) is 5.21. The summed E-state index contributed by atoms with van der Waals surface area (Å²) in [5.74, 6) is 5.24. The minimum atomic E-state index is -0.592. The number of nitrogens with two attached hydrogens (primary N) is 1. The van der Waals surface area contributed by atoms with Crippen LogP contribution in [-0.2, 0) is 4.74 Å². The standard InChI is InChI=1S/C9H16N6O3/c1-3-18-4-6(2)13-8-7(15(16)17)9(14-10)12-5-11-8/h5-6H,3-4,10H2,1-2H3,(H2,11,12,13,14). The molecule has 0 radical (unpaired) electrons. The zero-order chi connectivity index (χ0) is 13.5. The van der Waals surface area contributed by atoms with Gasteiger partial charge >= 0.3 is 5.69 Å². The molecule has 0 aliphatic heterocycles. The monoisotopic (exact) mass is 256 g/mol. The molecule has 4 N–H and O–H groups in total. The lowest BCUT2D eigenvalue weighted by molar-refractivity contribution is -0.383. The van der Waals surface area contributed by atoms with E-state index in [9.17, 15) is 10.1 Å². The van der Waals surface area contributed by atoms with Gasteiger partial charge in [-0.3, -0.25) is 10.1 Å². The molecule has 9 heteroatoms. The van der Waals surface area contributed by atoms with Gasteiger partial charge in [-0.15, -0.1) is 0 Å². The van der Waals surface area contributed by atoms with E-state index in [0.29, 0.717) is 13.2 Å². The molecule has 0 amide bonds. The summed E-state index contributed by atoms with van der Waals surface area (Å²) in [6, 6.07) is -0.121. The van der Waals surface area contributed by atoms with Crippen LogP contribution in [0.5, 0.6) is 0 Å². The lowest BCUT2D eigenvalue weighted by Crippen LogP contribution is -2.23. The molecular weight excluding hydrogens is 240 g/mol. The zero-order valence-electron chi connectivity index (χ0n) is 10.2. The summed E-state index contributed by atoms with van der Waals surface area (Å²) in [7, 11) is 0. The van der Waals surface area contributed by atoms with Crippen molar-refractivity contribution >= 4 is 17.3 Å². The molecule has 0 saturated carbocycles. The number of anilines is 2. The third kappa shape index (κ3) is 3.50. The molecule has 100 valence electrons. The number of nitro groups is 1. The molecule has 0 aliphatic rings. The lowest BCUT2D eigenvalue weighted by atomic mass is 10.3. The Morgan fingerprint density at radius 1 is 1.56 bits per heavy atom. The van der Waals surface area contributed by atoms with E-state index in [4.69, 9.17) is 10.6 Å². The van der Waals surface area contributed by atoms with Gasteiger partial charge in [0, 0.05) is 12.6 Å². The Morgan fingerprint density at radius 3 is 2.78 bits per heavy atom. The summed E-state index contributed by atoms with van der Waals surface area (Å²) in [4.78, 5) is 17.9. The number of rotatable bonds is 7. The fraction of sp³-hybridized carbons (Fsp3) is 0.556. The van der Waals surface area contributed by atoms with Gasteiger partial charge in [-0.05, 0) is 13.8 Å². The molecule has 9 nitrogen and oxygen atoms in total. The van der Waals surface area contributed by atoms with E-state index in [1.165, 1.54) is 6.33 Å². The number of hydrogen-bond donors (Lipinski definition) is 3. The average molecular weight is 256 g/mol. The fourth-order valence-corrected chi connectivity index (χ4v) is 1.33. The molecule has 0 aromatic carbocycles. The molecule has 1 heterocycles. The van der Waals surface area contributed by atoms with Crippen LogP contribution < -0.4 is 16.6 Å². The van der Waals surface area contributed by atoms with Gasteiger partial charge < -0.3 is 15.5 Å². The molecule has 0 saturated heterocycles. The first-order chi connectivity index (χ1) is 8.60. The molecule has 0 fully saturated rings. The van der Waals surface area contributed by atoms with Crippen LogP contribution >= 0.6 is 0 Å². The van der Waals surface area contributed by atoms with Gasteiger partial charge in [-0.1, -0.05) is 0 Å². The Balaban J connectivity index is 2.90. The van der Waals surface area contributed by atoms with Gasteiger partial charge in [-0.2, -0.15) is 0 Å². The second-order valence-electron chi connectivity index (χ2n) is 3.53. The smallest absolute Gasteiger partial charge is 0.354 e. The minimum Gasteiger partial charge on any atom is -0.380 e. The van der Waals surface area contributed by atoms with Crippen molar-refractivity contribution in [3.63, 3.8) is 0 Å². The van der Waals surface area contributed by atoms with Gasteiger partial charge in [-0.25, -0.2) is 15.8 Å². The van der Waals surface area contributed by atoms with Crippen LogP contribution in [0.2, 0.25) is 0 Å². The molecule has 0 aliphatic carbocycles. The molecule has 1 atom stereocenters. The maximum atomic E-state index is 11.0. The summed E-state index contributed by atoms with van der Waals surface area (Å²) in [6.45, 7) is 4.70. The highest BCUT2D eigenvalue weighted by Gasteiger charge is 2.23. The second-order valence-corrected chi connectivity index (χ2v) is 3.53. The first-order valence-corrected chi connectivity index (χ1v) is 5.40. The Bertz CT molecular complexity index is 413. The van der Waals surface area contributed by atoms with Gasteiger partial charge in [0.15, 0.2) is 0 Å². The molecular formula is C9H16N6O3. The fourth-order valence-electron chi connectivity index (χ4n) is 1.33. The number of ether oxygens (including phenoxy) is 1. The number of aromatic nitrogens is 2. The summed E-state index contributed by atoms with van der Waals surface area (Å²) in [5.41, 5.74) is 1.88. The predicted octanol–water partition coefficient (Wildman–Crippen LogP) is 0.507. The first kappa shape index (κ1) is 14.1. The van der Waals surface area contributed by atoms with E-state index in [1.807, 2.05) is 13.8 Å². The van der Waals surface area contributed by atoms with Crippen LogP contribution in [0.15, 0.2) is 6.33 Å². The van der Waals surface area contributed by atoms with Crippen LogP contribution in [0.4, 0.5) is 17.3 Å². The number of nitrogens with one attached hydrogen (secondary N) is 2. The Labute approximate surface area is 104 Å². The highest BCUT2D eigenvalue weighted by Crippen LogP contribution is 2.28. The molecule has 1 aromatic rings. The first-order valence-electron chi connectivity index (χ1n) is 5.40. The van der Waals surface area contributed by atoms with E-state index in [-0.39, 0.29) is 23.4 Å². The van der Waals surface area contributed by atoms with Crippen molar-refractivity contribution in [1.29, 1.82) is 0 Å². The topological polar surface area (TPSA) is 128 Å². The number of nitrogens with zero attached hydrogens (tertiary/aromatic N) is 3. The van der Waals surface area contributed by atoms with Crippen LogP contribution in [0.25, 0.3) is 0 Å². The normalized spacial score (nSPS) is 11.9. The van der Waals surface area contributed by atoms with Gasteiger partial charge in [0.25, 0.3) is 0 Å². The van der Waals surface area contributed by atoms with Crippen LogP contribution in [0.3, 0.4) is 0 Å². The maximum absolute atomic E-state index is 11.0. The van der Waals surface area contributed by atoms with Crippen molar-refractivity contribution in [2.45, 2.75) is 19.9 Å². The SMILES string of the molecule is CCOCC(C)Nc1ncnc(NN)c1[N+](=O)[O-]. The highest BCUT2D eigenvalue weighted by atomic mass is 16.6. The van der Waals surface area contributed by atoms with Crippen molar-refractivity contribution in [2.24, 2.45) is 5.84 Å². The Morgan fingerprint density at radius 2 is 2.22 bits per heavy atom. The third-order valence-corrected chi connectivity index (χ3v) is 2.10. The van der Waals surface area contributed by atoms with Crippen molar-refractivity contribution < 1.29 is 9.66 Å². The van der Waals surface area contributed by atoms with E-state index in [0.717, 1.165) is 0 Å². The molecule has 0 spiro atoms. The summed E-state index contributed by atoms with van der Waals surface area (Å²) in [5, 5.41) is 13.8. The second kappa shape index (κ2) is 6.67. The van der Waals surface area contributed by atoms with E-state index in [1.54, 1.807) is 0 Å². The van der Waals surface area contributed by atoms with Crippen molar-refractivity contribution in [3.8, 4) is 0 Å². The Hall–Kier alpha value is -2.00. The quantitative estimate of drug-likeness (QED) is 0.365. The molecule has 1 rings (SSSR count). The summed E-state index contributed by atoms with van der Waals surface area (Å²) < 4.78 is 5.21. The minimum absolute atomic E-state index is 0.0406. The van der Waals surface area contributed by atoms with Crippen molar-refractivity contribution in [2.75, 3.05) is 24.0 Å². The molecule has 1 unspecified atom stereocenters.